The highest BCUT2D eigenvalue weighted by Crippen LogP contribution is 1.81. The number of rotatable bonds is 1. The second-order valence-electron chi connectivity index (χ2n) is 1.44. The minimum Gasteiger partial charge on any atom is -0.287 e. The summed E-state index contributed by atoms with van der Waals surface area (Å²) in [5.74, 6) is 4.29. The van der Waals surface area contributed by atoms with Gasteiger partial charge in [0.05, 0.1) is 0 Å². The standard InChI is InChI=1S/C4H5N5O/c5-9-4(10)3-7-1-6-2-8-3/h1-2H,5H2,(H,9,10). The fraction of sp³-hybridized carbons (Fsp3) is 0. The summed E-state index contributed by atoms with van der Waals surface area (Å²) < 4.78 is 0. The van der Waals surface area contributed by atoms with E-state index in [0.29, 0.717) is 0 Å². The second kappa shape index (κ2) is 2.83. The molecular weight excluding hydrogens is 134 g/mol. The lowest BCUT2D eigenvalue weighted by atomic mass is 10.6. The minimum atomic E-state index is -0.526. The molecule has 1 aromatic rings. The molecular formula is C4H5N5O. The molecule has 0 aliphatic carbocycles. The summed E-state index contributed by atoms with van der Waals surface area (Å²) in [6.07, 6.45) is 2.44. The van der Waals surface area contributed by atoms with E-state index in [2.05, 4.69) is 15.0 Å². The van der Waals surface area contributed by atoms with E-state index in [1.54, 1.807) is 0 Å². The van der Waals surface area contributed by atoms with Crippen molar-refractivity contribution >= 4 is 5.91 Å². The molecule has 1 aromatic heterocycles. The molecule has 0 aliphatic heterocycles. The Labute approximate surface area is 56.5 Å². The summed E-state index contributed by atoms with van der Waals surface area (Å²) >= 11 is 0. The molecule has 0 aromatic carbocycles. The number of amides is 1. The first-order valence-electron chi connectivity index (χ1n) is 2.47. The predicted molar refractivity (Wildman–Crippen MR) is 31.5 cm³/mol. The lowest BCUT2D eigenvalue weighted by Crippen LogP contribution is -2.31. The van der Waals surface area contributed by atoms with E-state index < -0.39 is 5.91 Å². The largest absolute Gasteiger partial charge is 0.303 e. The molecule has 0 saturated carbocycles. The summed E-state index contributed by atoms with van der Waals surface area (Å²) in [4.78, 5) is 21.2. The summed E-state index contributed by atoms with van der Waals surface area (Å²) in [5, 5.41) is 0. The molecule has 0 atom stereocenters. The molecule has 0 saturated heterocycles. The highest BCUT2D eigenvalue weighted by molar-refractivity contribution is 5.89. The van der Waals surface area contributed by atoms with E-state index >= 15 is 0 Å². The van der Waals surface area contributed by atoms with Gasteiger partial charge in [-0.05, 0) is 0 Å². The maximum atomic E-state index is 10.6. The van der Waals surface area contributed by atoms with E-state index in [4.69, 9.17) is 5.84 Å². The molecule has 6 nitrogen and oxygen atoms in total. The van der Waals surface area contributed by atoms with Gasteiger partial charge in [-0.3, -0.25) is 10.2 Å². The van der Waals surface area contributed by atoms with Crippen LogP contribution in [0.15, 0.2) is 12.7 Å². The zero-order chi connectivity index (χ0) is 7.40. The Hall–Kier alpha value is -1.56. The molecule has 0 radical (unpaired) electrons. The van der Waals surface area contributed by atoms with Gasteiger partial charge >= 0.3 is 5.91 Å². The molecule has 0 aliphatic rings. The Morgan fingerprint density at radius 1 is 1.50 bits per heavy atom. The summed E-state index contributed by atoms with van der Waals surface area (Å²) in [5.41, 5.74) is 1.89. The molecule has 0 unspecified atom stereocenters. The van der Waals surface area contributed by atoms with E-state index in [-0.39, 0.29) is 5.82 Å². The fourth-order valence-corrected chi connectivity index (χ4v) is 0.421. The van der Waals surface area contributed by atoms with Crippen LogP contribution in [0.3, 0.4) is 0 Å². The first-order chi connectivity index (χ1) is 4.84. The van der Waals surface area contributed by atoms with Gasteiger partial charge in [0.25, 0.3) is 0 Å². The average Bonchev–Trinajstić information content (AvgIpc) is 2.05. The second-order valence-corrected chi connectivity index (χ2v) is 1.44. The van der Waals surface area contributed by atoms with Crippen LogP contribution in [0.25, 0.3) is 0 Å². The summed E-state index contributed by atoms with van der Waals surface area (Å²) in [7, 11) is 0. The SMILES string of the molecule is NNC(=O)c1ncncn1. The topological polar surface area (TPSA) is 93.8 Å². The van der Waals surface area contributed by atoms with E-state index in [9.17, 15) is 4.79 Å². The average molecular weight is 139 g/mol. The van der Waals surface area contributed by atoms with Crippen molar-refractivity contribution in [3.63, 3.8) is 0 Å². The lowest BCUT2D eigenvalue weighted by Gasteiger charge is -1.93. The fourth-order valence-electron chi connectivity index (χ4n) is 0.421. The van der Waals surface area contributed by atoms with Crippen molar-refractivity contribution in [1.29, 1.82) is 0 Å². The Kier molecular flexibility index (Phi) is 1.86. The Morgan fingerprint density at radius 3 is 2.60 bits per heavy atom. The first kappa shape index (κ1) is 6.56. The van der Waals surface area contributed by atoms with Gasteiger partial charge in [-0.2, -0.15) is 0 Å². The van der Waals surface area contributed by atoms with E-state index in [1.165, 1.54) is 12.7 Å². The quantitative estimate of drug-likeness (QED) is 0.280. The predicted octanol–water partition coefficient (Wildman–Crippen LogP) is -1.52. The minimum absolute atomic E-state index is 0.0116. The molecule has 6 heteroatoms. The zero-order valence-corrected chi connectivity index (χ0v) is 4.98. The first-order valence-corrected chi connectivity index (χ1v) is 2.47. The number of carbonyl (C=O) groups is 1. The Morgan fingerprint density at radius 2 is 2.10 bits per heavy atom. The number of nitrogens with one attached hydrogen (secondary N) is 1. The number of hydrogen-bond donors (Lipinski definition) is 2. The summed E-state index contributed by atoms with van der Waals surface area (Å²) in [6.45, 7) is 0. The van der Waals surface area contributed by atoms with Crippen LogP contribution in [0, 0.1) is 0 Å². The number of carbonyl (C=O) groups excluding carboxylic acids is 1. The van der Waals surface area contributed by atoms with Crippen LogP contribution in [0.1, 0.15) is 10.6 Å². The van der Waals surface area contributed by atoms with Crippen molar-refractivity contribution < 1.29 is 4.79 Å². The van der Waals surface area contributed by atoms with Gasteiger partial charge in [0.15, 0.2) is 0 Å². The van der Waals surface area contributed by atoms with E-state index in [1.807, 2.05) is 5.43 Å². The number of nitrogens with two attached hydrogens (primary N) is 1. The van der Waals surface area contributed by atoms with Crippen molar-refractivity contribution in [3.8, 4) is 0 Å². The number of hydrazine groups is 1. The smallest absolute Gasteiger partial charge is 0.287 e. The molecule has 0 fully saturated rings. The highest BCUT2D eigenvalue weighted by Gasteiger charge is 2.03. The molecule has 0 spiro atoms. The van der Waals surface area contributed by atoms with Gasteiger partial charge in [-0.25, -0.2) is 20.8 Å². The maximum Gasteiger partial charge on any atom is 0.303 e. The van der Waals surface area contributed by atoms with Crippen molar-refractivity contribution in [3.05, 3.63) is 18.5 Å². The number of aromatic nitrogens is 3. The monoisotopic (exact) mass is 139 g/mol. The van der Waals surface area contributed by atoms with Gasteiger partial charge < -0.3 is 0 Å². The normalized spacial score (nSPS) is 8.90. The van der Waals surface area contributed by atoms with Crippen LogP contribution in [0.5, 0.6) is 0 Å². The molecule has 1 heterocycles. The van der Waals surface area contributed by atoms with Crippen molar-refractivity contribution in [2.45, 2.75) is 0 Å². The third-order valence-corrected chi connectivity index (χ3v) is 0.828. The maximum absolute atomic E-state index is 10.6. The van der Waals surface area contributed by atoms with Gasteiger partial charge in [-0.1, -0.05) is 0 Å². The Bertz CT molecular complexity index is 222. The molecule has 1 amide bonds. The van der Waals surface area contributed by atoms with Crippen molar-refractivity contribution in [2.24, 2.45) is 5.84 Å². The van der Waals surface area contributed by atoms with Crippen LogP contribution in [-0.4, -0.2) is 20.9 Å². The van der Waals surface area contributed by atoms with Crippen molar-refractivity contribution in [2.75, 3.05) is 0 Å². The number of hydrogen-bond acceptors (Lipinski definition) is 5. The Balaban J connectivity index is 2.85. The van der Waals surface area contributed by atoms with Crippen LogP contribution in [-0.2, 0) is 0 Å². The van der Waals surface area contributed by atoms with Crippen LogP contribution in [0.4, 0.5) is 0 Å². The highest BCUT2D eigenvalue weighted by atomic mass is 16.2. The molecule has 52 valence electrons. The zero-order valence-electron chi connectivity index (χ0n) is 4.98. The molecule has 1 rings (SSSR count). The summed E-state index contributed by atoms with van der Waals surface area (Å²) in [6, 6.07) is 0. The molecule has 0 bridgehead atoms. The van der Waals surface area contributed by atoms with Crippen LogP contribution >= 0.6 is 0 Å². The lowest BCUT2D eigenvalue weighted by molar-refractivity contribution is 0.0943. The molecule has 10 heavy (non-hydrogen) atoms. The van der Waals surface area contributed by atoms with Gasteiger partial charge in [-0.15, -0.1) is 0 Å². The number of nitrogens with zero attached hydrogens (tertiary/aromatic N) is 3. The molecule has 3 N–H and O–H groups in total. The van der Waals surface area contributed by atoms with Crippen LogP contribution < -0.4 is 11.3 Å². The number of nitrogen functional groups attached to an aromatic ring is 1. The third-order valence-electron chi connectivity index (χ3n) is 0.828. The van der Waals surface area contributed by atoms with Crippen LogP contribution in [0.2, 0.25) is 0 Å². The van der Waals surface area contributed by atoms with Gasteiger partial charge in [0, 0.05) is 0 Å². The van der Waals surface area contributed by atoms with Gasteiger partial charge in [0.2, 0.25) is 5.82 Å². The van der Waals surface area contributed by atoms with E-state index in [0.717, 1.165) is 0 Å². The van der Waals surface area contributed by atoms with Gasteiger partial charge in [0.1, 0.15) is 12.7 Å². The third kappa shape index (κ3) is 1.23. The van der Waals surface area contributed by atoms with Crippen molar-refractivity contribution in [1.82, 2.24) is 20.4 Å².